The van der Waals surface area contributed by atoms with Crippen molar-refractivity contribution in [3.8, 4) is 0 Å². The molecule has 0 aromatic carbocycles. The Kier molecular flexibility index (Phi) is 1.90. The molecule has 66 valence electrons. The lowest BCUT2D eigenvalue weighted by molar-refractivity contribution is 1.26. The van der Waals surface area contributed by atoms with Crippen LogP contribution in [0.5, 0.6) is 0 Å². The quantitative estimate of drug-likeness (QED) is 0.411. The van der Waals surface area contributed by atoms with Crippen LogP contribution >= 0.6 is 11.6 Å². The van der Waals surface area contributed by atoms with Crippen LogP contribution in [0.3, 0.4) is 0 Å². The van der Waals surface area contributed by atoms with Crippen LogP contribution in [0, 0.1) is 0 Å². The first kappa shape index (κ1) is 8.07. The SMILES string of the molecule is NN=Cc1c(Cl)cnc2[nH]ccc12. The fourth-order valence-electron chi connectivity index (χ4n) is 1.21. The largest absolute Gasteiger partial charge is 0.346 e. The molecule has 2 aromatic heterocycles. The molecule has 4 nitrogen and oxygen atoms in total. The molecule has 0 saturated carbocycles. The molecule has 0 fully saturated rings. The predicted molar refractivity (Wildman–Crippen MR) is 52.9 cm³/mol. The fourth-order valence-corrected chi connectivity index (χ4v) is 1.41. The van der Waals surface area contributed by atoms with Crippen molar-refractivity contribution in [1.29, 1.82) is 0 Å². The number of aromatic nitrogens is 2. The molecule has 0 aliphatic rings. The fraction of sp³-hybridized carbons (Fsp3) is 0. The highest BCUT2D eigenvalue weighted by Gasteiger charge is 2.05. The molecule has 0 spiro atoms. The van der Waals surface area contributed by atoms with E-state index in [2.05, 4.69) is 15.1 Å². The number of pyridine rings is 1. The van der Waals surface area contributed by atoms with Crippen LogP contribution in [-0.2, 0) is 0 Å². The molecule has 0 saturated heterocycles. The third-order valence-electron chi connectivity index (χ3n) is 1.78. The molecule has 0 radical (unpaired) electrons. The molecule has 0 unspecified atom stereocenters. The Morgan fingerprint density at radius 2 is 2.46 bits per heavy atom. The summed E-state index contributed by atoms with van der Waals surface area (Å²) in [6, 6.07) is 1.88. The molecule has 2 heterocycles. The van der Waals surface area contributed by atoms with Crippen molar-refractivity contribution in [3.05, 3.63) is 29.0 Å². The number of aromatic amines is 1. The first-order valence-corrected chi connectivity index (χ1v) is 4.05. The van der Waals surface area contributed by atoms with Crippen molar-refractivity contribution < 1.29 is 0 Å². The Morgan fingerprint density at radius 1 is 1.62 bits per heavy atom. The van der Waals surface area contributed by atoms with E-state index in [1.165, 1.54) is 6.21 Å². The van der Waals surface area contributed by atoms with Gasteiger partial charge in [0.15, 0.2) is 0 Å². The monoisotopic (exact) mass is 194 g/mol. The van der Waals surface area contributed by atoms with E-state index < -0.39 is 0 Å². The first-order valence-electron chi connectivity index (χ1n) is 3.68. The smallest absolute Gasteiger partial charge is 0.137 e. The van der Waals surface area contributed by atoms with Gasteiger partial charge in [-0.15, -0.1) is 0 Å². The molecule has 5 heteroatoms. The van der Waals surface area contributed by atoms with Gasteiger partial charge in [0.05, 0.1) is 11.2 Å². The van der Waals surface area contributed by atoms with E-state index >= 15 is 0 Å². The van der Waals surface area contributed by atoms with Crippen molar-refractivity contribution in [2.24, 2.45) is 10.9 Å². The van der Waals surface area contributed by atoms with Crippen LogP contribution in [0.2, 0.25) is 5.02 Å². The molecule has 3 N–H and O–H groups in total. The van der Waals surface area contributed by atoms with Gasteiger partial charge in [-0.3, -0.25) is 0 Å². The van der Waals surface area contributed by atoms with Crippen LogP contribution in [0.1, 0.15) is 5.56 Å². The number of H-pyrrole nitrogens is 1. The van der Waals surface area contributed by atoms with Crippen molar-refractivity contribution in [3.63, 3.8) is 0 Å². The maximum absolute atomic E-state index is 5.92. The second kappa shape index (κ2) is 3.06. The maximum atomic E-state index is 5.92. The van der Waals surface area contributed by atoms with Crippen molar-refractivity contribution in [2.75, 3.05) is 0 Å². The summed E-state index contributed by atoms with van der Waals surface area (Å²) in [6.45, 7) is 0. The third kappa shape index (κ3) is 1.25. The molecule has 0 atom stereocenters. The summed E-state index contributed by atoms with van der Waals surface area (Å²) >= 11 is 5.92. The topological polar surface area (TPSA) is 67.1 Å². The van der Waals surface area contributed by atoms with E-state index in [-0.39, 0.29) is 0 Å². The second-order valence-corrected chi connectivity index (χ2v) is 2.95. The Hall–Kier alpha value is -1.55. The standard InChI is InChI=1S/C8H7ClN4/c9-7-4-12-8-5(1-2-11-8)6(7)3-13-10/h1-4H,10H2,(H,11,12). The molecule has 2 aromatic rings. The molecule has 0 amide bonds. The third-order valence-corrected chi connectivity index (χ3v) is 2.08. The zero-order chi connectivity index (χ0) is 9.26. The zero-order valence-electron chi connectivity index (χ0n) is 6.66. The van der Waals surface area contributed by atoms with Gasteiger partial charge in [0.1, 0.15) is 5.65 Å². The van der Waals surface area contributed by atoms with Gasteiger partial charge in [-0.2, -0.15) is 5.10 Å². The summed E-state index contributed by atoms with van der Waals surface area (Å²) in [5.74, 6) is 5.07. The molecule has 0 bridgehead atoms. The van der Waals surface area contributed by atoms with Crippen LogP contribution in [0.25, 0.3) is 11.0 Å². The van der Waals surface area contributed by atoms with E-state index in [0.29, 0.717) is 5.02 Å². The Morgan fingerprint density at radius 3 is 3.23 bits per heavy atom. The number of nitrogens with zero attached hydrogens (tertiary/aromatic N) is 2. The summed E-state index contributed by atoms with van der Waals surface area (Å²) in [7, 11) is 0. The highest BCUT2D eigenvalue weighted by atomic mass is 35.5. The highest BCUT2D eigenvalue weighted by molar-refractivity contribution is 6.34. The summed E-state index contributed by atoms with van der Waals surface area (Å²) in [5, 5.41) is 4.91. The molecular weight excluding hydrogens is 188 g/mol. The summed E-state index contributed by atoms with van der Waals surface area (Å²) in [4.78, 5) is 7.07. The number of nitrogens with two attached hydrogens (primary N) is 1. The van der Waals surface area contributed by atoms with Crippen molar-refractivity contribution in [2.45, 2.75) is 0 Å². The Balaban J connectivity index is 2.80. The van der Waals surface area contributed by atoms with Crippen LogP contribution < -0.4 is 5.84 Å². The number of fused-ring (bicyclic) bond motifs is 1. The average molecular weight is 195 g/mol. The summed E-state index contributed by atoms with van der Waals surface area (Å²) in [5.41, 5.74) is 1.56. The minimum Gasteiger partial charge on any atom is -0.346 e. The van der Waals surface area contributed by atoms with Gasteiger partial charge in [0.25, 0.3) is 0 Å². The van der Waals surface area contributed by atoms with Crippen LogP contribution in [0.4, 0.5) is 0 Å². The van der Waals surface area contributed by atoms with Crippen LogP contribution in [-0.4, -0.2) is 16.2 Å². The van der Waals surface area contributed by atoms with Gasteiger partial charge >= 0.3 is 0 Å². The van der Waals surface area contributed by atoms with E-state index in [0.717, 1.165) is 16.6 Å². The van der Waals surface area contributed by atoms with Crippen molar-refractivity contribution in [1.82, 2.24) is 9.97 Å². The van der Waals surface area contributed by atoms with Gasteiger partial charge in [-0.1, -0.05) is 11.6 Å². The van der Waals surface area contributed by atoms with E-state index in [1.54, 1.807) is 12.4 Å². The number of hydrazone groups is 1. The normalized spacial score (nSPS) is 11.5. The predicted octanol–water partition coefficient (Wildman–Crippen LogP) is 1.51. The number of nitrogens with one attached hydrogen (secondary N) is 1. The molecule has 13 heavy (non-hydrogen) atoms. The lowest BCUT2D eigenvalue weighted by Gasteiger charge is -1.97. The number of rotatable bonds is 1. The minimum absolute atomic E-state index is 0.543. The average Bonchev–Trinajstić information content (AvgIpc) is 2.58. The molecular formula is C8H7ClN4. The Bertz CT molecular complexity index is 460. The number of hydrogen-bond donors (Lipinski definition) is 2. The first-order chi connectivity index (χ1) is 6.33. The zero-order valence-corrected chi connectivity index (χ0v) is 7.42. The lowest BCUT2D eigenvalue weighted by Crippen LogP contribution is -1.90. The van der Waals surface area contributed by atoms with Gasteiger partial charge in [0, 0.05) is 23.3 Å². The van der Waals surface area contributed by atoms with Gasteiger partial charge < -0.3 is 10.8 Å². The van der Waals surface area contributed by atoms with Crippen molar-refractivity contribution >= 4 is 28.8 Å². The number of hydrogen-bond acceptors (Lipinski definition) is 3. The molecule has 2 rings (SSSR count). The maximum Gasteiger partial charge on any atom is 0.137 e. The van der Waals surface area contributed by atoms with Gasteiger partial charge in [-0.05, 0) is 6.07 Å². The Labute approximate surface area is 79.4 Å². The number of halogens is 1. The minimum atomic E-state index is 0.543. The lowest BCUT2D eigenvalue weighted by atomic mass is 10.2. The summed E-state index contributed by atoms with van der Waals surface area (Å²) in [6.07, 6.45) is 4.87. The molecule has 0 aliphatic carbocycles. The highest BCUT2D eigenvalue weighted by Crippen LogP contribution is 2.21. The van der Waals surface area contributed by atoms with E-state index in [9.17, 15) is 0 Å². The van der Waals surface area contributed by atoms with E-state index in [1.807, 2.05) is 6.07 Å². The molecule has 0 aliphatic heterocycles. The van der Waals surface area contributed by atoms with Gasteiger partial charge in [-0.25, -0.2) is 4.98 Å². The van der Waals surface area contributed by atoms with Crippen LogP contribution in [0.15, 0.2) is 23.6 Å². The van der Waals surface area contributed by atoms with Gasteiger partial charge in [0.2, 0.25) is 0 Å². The second-order valence-electron chi connectivity index (χ2n) is 2.54. The summed E-state index contributed by atoms with van der Waals surface area (Å²) < 4.78 is 0. The van der Waals surface area contributed by atoms with E-state index in [4.69, 9.17) is 17.4 Å².